The van der Waals surface area contributed by atoms with E-state index in [1.807, 2.05) is 0 Å². The fourth-order valence-electron chi connectivity index (χ4n) is 0.535. The Balaban J connectivity index is 3.27. The lowest BCUT2D eigenvalue weighted by molar-refractivity contribution is 1.30. The molecule has 1 aromatic heterocycles. The van der Waals surface area contributed by atoms with E-state index in [-0.39, 0.29) is 0 Å². The Labute approximate surface area is 71.9 Å². The molecule has 52 valence electrons. The van der Waals surface area contributed by atoms with Gasteiger partial charge in [0.25, 0.3) is 0 Å². The third kappa shape index (κ3) is 1.36. The highest BCUT2D eigenvalue weighted by atomic mass is 79.9. The molecule has 1 aromatic rings. The summed E-state index contributed by atoms with van der Waals surface area (Å²) in [5.74, 6) is 0. The molecule has 10 heavy (non-hydrogen) atoms. The van der Waals surface area contributed by atoms with Gasteiger partial charge in [-0.05, 0) is 15.9 Å². The first-order valence-electron chi connectivity index (χ1n) is 2.55. The average molecular weight is 219 g/mol. The molecule has 0 aliphatic heterocycles. The van der Waals surface area contributed by atoms with Crippen molar-refractivity contribution in [2.45, 2.75) is 0 Å². The van der Waals surface area contributed by atoms with E-state index < -0.39 is 0 Å². The van der Waals surface area contributed by atoms with Crippen molar-refractivity contribution in [1.82, 2.24) is 4.98 Å². The first-order valence-corrected chi connectivity index (χ1v) is 3.72. The summed E-state index contributed by atoms with van der Waals surface area (Å²) in [4.78, 5) is 3.83. The Bertz CT molecular complexity index is 262. The molecule has 0 fully saturated rings. The molecule has 0 radical (unpaired) electrons. The lowest BCUT2D eigenvalue weighted by Gasteiger charge is -1.96. The fraction of sp³-hybridized carbons (Fsp3) is 0. The van der Waals surface area contributed by atoms with Crippen molar-refractivity contribution in [2.75, 3.05) is 0 Å². The van der Waals surface area contributed by atoms with Crippen LogP contribution in [0.15, 0.2) is 16.9 Å². The van der Waals surface area contributed by atoms with E-state index in [0.29, 0.717) is 10.6 Å². The summed E-state index contributed by atoms with van der Waals surface area (Å²) in [7, 11) is 0. The van der Waals surface area contributed by atoms with Crippen LogP contribution in [0.5, 0.6) is 0 Å². The van der Waals surface area contributed by atoms with Crippen molar-refractivity contribution in [3.05, 3.63) is 27.5 Å². The molecule has 0 spiro atoms. The van der Waals surface area contributed by atoms with Crippen molar-refractivity contribution in [3.63, 3.8) is 0 Å². The predicted molar refractivity (Wildman–Crippen MR) is 44.8 cm³/mol. The molecule has 0 aromatic carbocycles. The lowest BCUT2D eigenvalue weighted by atomic mass is 10.3. The van der Waals surface area contributed by atoms with Crippen LogP contribution in [-0.4, -0.2) is 11.2 Å². The molecule has 2 nitrogen and oxygen atoms in total. The summed E-state index contributed by atoms with van der Waals surface area (Å²) >= 11 is 8.94. The number of nitrogens with zero attached hydrogens (tertiary/aromatic N) is 1. The Morgan fingerprint density at radius 2 is 2.30 bits per heavy atom. The molecule has 0 atom stereocenters. The van der Waals surface area contributed by atoms with Crippen LogP contribution in [0.3, 0.4) is 0 Å². The van der Waals surface area contributed by atoms with E-state index in [2.05, 4.69) is 20.9 Å². The highest BCUT2D eigenvalue weighted by molar-refractivity contribution is 9.10. The third-order valence-corrected chi connectivity index (χ3v) is 2.27. The minimum absolute atomic E-state index is 0.532. The smallest absolute Gasteiger partial charge is 0.0666 e. The summed E-state index contributed by atoms with van der Waals surface area (Å²) in [5, 5.41) is 7.44. The molecular weight excluding hydrogens is 215 g/mol. The molecular formula is C6H4BrClN2. The van der Waals surface area contributed by atoms with Gasteiger partial charge in [0.15, 0.2) is 0 Å². The SMILES string of the molecule is N=Cc1cncc(Br)c1Cl. The quantitative estimate of drug-likeness (QED) is 0.724. The van der Waals surface area contributed by atoms with Gasteiger partial charge in [-0.1, -0.05) is 11.6 Å². The molecule has 1 N–H and O–H groups in total. The monoisotopic (exact) mass is 218 g/mol. The van der Waals surface area contributed by atoms with Crippen LogP contribution >= 0.6 is 27.5 Å². The van der Waals surface area contributed by atoms with Crippen LogP contribution in [0.25, 0.3) is 0 Å². The van der Waals surface area contributed by atoms with Gasteiger partial charge in [0.2, 0.25) is 0 Å². The highest BCUT2D eigenvalue weighted by Crippen LogP contribution is 2.22. The number of rotatable bonds is 1. The maximum atomic E-state index is 6.91. The van der Waals surface area contributed by atoms with E-state index in [0.717, 1.165) is 4.47 Å². The highest BCUT2D eigenvalue weighted by Gasteiger charge is 2.00. The van der Waals surface area contributed by atoms with Gasteiger partial charge < -0.3 is 5.41 Å². The minimum Gasteiger partial charge on any atom is -0.308 e. The number of nitrogens with one attached hydrogen (secondary N) is 1. The Morgan fingerprint density at radius 3 is 2.80 bits per heavy atom. The van der Waals surface area contributed by atoms with Crippen LogP contribution in [-0.2, 0) is 0 Å². The standard InChI is InChI=1S/C6H4BrClN2/c7-5-3-10-2-4(1-9)6(5)8/h1-3,9H. The van der Waals surface area contributed by atoms with Crippen LogP contribution in [0, 0.1) is 5.41 Å². The van der Waals surface area contributed by atoms with Gasteiger partial charge in [0.1, 0.15) is 0 Å². The zero-order valence-electron chi connectivity index (χ0n) is 4.94. The van der Waals surface area contributed by atoms with Gasteiger partial charge in [-0.2, -0.15) is 0 Å². The summed E-state index contributed by atoms with van der Waals surface area (Å²) in [6.07, 6.45) is 4.30. The van der Waals surface area contributed by atoms with Gasteiger partial charge in [0.05, 0.1) is 9.50 Å². The van der Waals surface area contributed by atoms with Gasteiger partial charge in [0, 0.05) is 24.2 Å². The number of hydrogen-bond donors (Lipinski definition) is 1. The number of halogens is 2. The first-order chi connectivity index (χ1) is 4.75. The third-order valence-electron chi connectivity index (χ3n) is 1.02. The maximum Gasteiger partial charge on any atom is 0.0666 e. The Morgan fingerprint density at radius 1 is 1.60 bits per heavy atom. The summed E-state index contributed by atoms with van der Waals surface area (Å²) in [5.41, 5.74) is 0.621. The predicted octanol–water partition coefficient (Wildman–Crippen LogP) is 2.50. The van der Waals surface area contributed by atoms with E-state index >= 15 is 0 Å². The van der Waals surface area contributed by atoms with Gasteiger partial charge in [-0.3, -0.25) is 4.98 Å². The average Bonchev–Trinajstić information content (AvgIpc) is 1.95. The van der Waals surface area contributed by atoms with Gasteiger partial charge in [-0.15, -0.1) is 0 Å². The van der Waals surface area contributed by atoms with E-state index in [4.69, 9.17) is 17.0 Å². The van der Waals surface area contributed by atoms with Crippen molar-refractivity contribution in [3.8, 4) is 0 Å². The number of aromatic nitrogens is 1. The fourth-order valence-corrected chi connectivity index (χ4v) is 1.03. The normalized spacial score (nSPS) is 9.40. The molecule has 1 rings (SSSR count). The van der Waals surface area contributed by atoms with Crippen LogP contribution in [0.1, 0.15) is 5.56 Å². The first kappa shape index (κ1) is 7.69. The summed E-state index contributed by atoms with van der Waals surface area (Å²) in [6.45, 7) is 0. The molecule has 1 heterocycles. The van der Waals surface area contributed by atoms with Crippen molar-refractivity contribution < 1.29 is 0 Å². The van der Waals surface area contributed by atoms with E-state index in [9.17, 15) is 0 Å². The van der Waals surface area contributed by atoms with Gasteiger partial charge >= 0.3 is 0 Å². The van der Waals surface area contributed by atoms with Crippen LogP contribution < -0.4 is 0 Å². The van der Waals surface area contributed by atoms with E-state index in [1.165, 1.54) is 6.21 Å². The largest absolute Gasteiger partial charge is 0.308 e. The number of hydrogen-bond acceptors (Lipinski definition) is 2. The summed E-state index contributed by atoms with van der Waals surface area (Å²) < 4.78 is 0.718. The Hall–Kier alpha value is -0.410. The molecule has 0 saturated carbocycles. The van der Waals surface area contributed by atoms with Crippen molar-refractivity contribution >= 4 is 33.7 Å². The van der Waals surface area contributed by atoms with E-state index in [1.54, 1.807) is 12.4 Å². The second kappa shape index (κ2) is 3.12. The maximum absolute atomic E-state index is 6.91. The molecule has 0 saturated heterocycles. The zero-order chi connectivity index (χ0) is 7.56. The molecule has 0 aliphatic rings. The Kier molecular flexibility index (Phi) is 2.40. The lowest BCUT2D eigenvalue weighted by Crippen LogP contribution is -1.84. The molecule has 0 aliphatic carbocycles. The van der Waals surface area contributed by atoms with Crippen molar-refractivity contribution in [1.29, 1.82) is 5.41 Å². The summed E-state index contributed by atoms with van der Waals surface area (Å²) in [6, 6.07) is 0. The van der Waals surface area contributed by atoms with Crippen molar-refractivity contribution in [2.24, 2.45) is 0 Å². The molecule has 0 amide bonds. The topological polar surface area (TPSA) is 36.7 Å². The minimum atomic E-state index is 0.532. The number of pyridine rings is 1. The second-order valence-corrected chi connectivity index (χ2v) is 2.90. The second-order valence-electron chi connectivity index (χ2n) is 1.67. The molecule has 0 unspecified atom stereocenters. The van der Waals surface area contributed by atoms with Crippen LogP contribution in [0.2, 0.25) is 5.02 Å². The molecule has 0 bridgehead atoms. The van der Waals surface area contributed by atoms with Crippen LogP contribution in [0.4, 0.5) is 0 Å². The van der Waals surface area contributed by atoms with Gasteiger partial charge in [-0.25, -0.2) is 0 Å². The zero-order valence-corrected chi connectivity index (χ0v) is 7.28. The molecule has 4 heteroatoms.